The number of methoxy groups -OCH3 is 3. The normalized spacial score (nSPS) is 13.8. The Bertz CT molecular complexity index is 719. The summed E-state index contributed by atoms with van der Waals surface area (Å²) in [6.07, 6.45) is 1.62. The first-order chi connectivity index (χ1) is 12.2. The molecule has 7 nitrogen and oxygen atoms in total. The number of likely N-dealkylation sites (tertiary alicyclic amines) is 1. The predicted molar refractivity (Wildman–Crippen MR) is 90.7 cm³/mol. The average molecular weight is 344 g/mol. The van der Waals surface area contributed by atoms with Crippen molar-refractivity contribution in [3.8, 4) is 23.1 Å². The van der Waals surface area contributed by atoms with E-state index in [0.29, 0.717) is 41.8 Å². The molecule has 3 rings (SSSR count). The van der Waals surface area contributed by atoms with Crippen molar-refractivity contribution in [3.63, 3.8) is 0 Å². The third-order valence-electron chi connectivity index (χ3n) is 3.97. The highest BCUT2D eigenvalue weighted by Gasteiger charge is 2.34. The molecule has 25 heavy (non-hydrogen) atoms. The summed E-state index contributed by atoms with van der Waals surface area (Å²) in [5.74, 6) is 1.81. The van der Waals surface area contributed by atoms with Crippen LogP contribution in [0.5, 0.6) is 23.1 Å². The Morgan fingerprint density at radius 1 is 1.08 bits per heavy atom. The fourth-order valence-corrected chi connectivity index (χ4v) is 2.65. The van der Waals surface area contributed by atoms with Crippen LogP contribution in [-0.4, -0.2) is 56.3 Å². The quantitative estimate of drug-likeness (QED) is 0.798. The van der Waals surface area contributed by atoms with Crippen LogP contribution in [0.4, 0.5) is 0 Å². The lowest BCUT2D eigenvalue weighted by Gasteiger charge is -2.38. The summed E-state index contributed by atoms with van der Waals surface area (Å²) in [7, 11) is 4.56. The van der Waals surface area contributed by atoms with Crippen molar-refractivity contribution in [2.75, 3.05) is 34.4 Å². The molecule has 1 aliphatic rings. The molecule has 0 bridgehead atoms. The maximum Gasteiger partial charge on any atom is 0.254 e. The number of benzene rings is 1. The maximum atomic E-state index is 12.7. The van der Waals surface area contributed by atoms with E-state index in [1.54, 1.807) is 29.3 Å². The monoisotopic (exact) mass is 344 g/mol. The standard InChI is InChI=1S/C18H20N2O5/c1-22-14-8-12(9-15(23-2)17(14)24-3)18(21)20-10-13(11-20)25-16-6-4-5-7-19-16/h4-9,13H,10-11H2,1-3H3. The van der Waals surface area contributed by atoms with Gasteiger partial charge in [0.1, 0.15) is 6.10 Å². The fourth-order valence-electron chi connectivity index (χ4n) is 2.65. The highest BCUT2D eigenvalue weighted by Crippen LogP contribution is 2.38. The summed E-state index contributed by atoms with van der Waals surface area (Å²) in [4.78, 5) is 18.5. The van der Waals surface area contributed by atoms with E-state index in [1.807, 2.05) is 12.1 Å². The number of hydrogen-bond donors (Lipinski definition) is 0. The molecule has 1 aromatic carbocycles. The second-order valence-electron chi connectivity index (χ2n) is 5.53. The van der Waals surface area contributed by atoms with E-state index >= 15 is 0 Å². The van der Waals surface area contributed by atoms with Crippen molar-refractivity contribution in [2.45, 2.75) is 6.10 Å². The number of ether oxygens (including phenoxy) is 4. The number of nitrogens with zero attached hydrogens (tertiary/aromatic N) is 2. The van der Waals surface area contributed by atoms with Gasteiger partial charge >= 0.3 is 0 Å². The van der Waals surface area contributed by atoms with Gasteiger partial charge in [0.05, 0.1) is 34.4 Å². The van der Waals surface area contributed by atoms with Crippen LogP contribution < -0.4 is 18.9 Å². The largest absolute Gasteiger partial charge is 0.493 e. The molecule has 1 saturated heterocycles. The summed E-state index contributed by atoms with van der Waals surface area (Å²) >= 11 is 0. The van der Waals surface area contributed by atoms with Gasteiger partial charge in [-0.15, -0.1) is 0 Å². The predicted octanol–water partition coefficient (Wildman–Crippen LogP) is 2.01. The minimum Gasteiger partial charge on any atom is -0.493 e. The molecule has 132 valence electrons. The number of carbonyl (C=O) groups is 1. The van der Waals surface area contributed by atoms with Gasteiger partial charge in [-0.2, -0.15) is 0 Å². The zero-order chi connectivity index (χ0) is 17.8. The Hall–Kier alpha value is -2.96. The van der Waals surface area contributed by atoms with Crippen molar-refractivity contribution < 1.29 is 23.7 Å². The third-order valence-corrected chi connectivity index (χ3v) is 3.97. The molecule has 1 amide bonds. The second kappa shape index (κ2) is 7.29. The first-order valence-electron chi connectivity index (χ1n) is 7.83. The van der Waals surface area contributed by atoms with Crippen LogP contribution in [0.1, 0.15) is 10.4 Å². The molecular formula is C18H20N2O5. The first-order valence-corrected chi connectivity index (χ1v) is 7.83. The molecule has 7 heteroatoms. The summed E-state index contributed by atoms with van der Waals surface area (Å²) < 4.78 is 21.6. The number of hydrogen-bond acceptors (Lipinski definition) is 6. The van der Waals surface area contributed by atoms with Crippen molar-refractivity contribution >= 4 is 5.91 Å². The Morgan fingerprint density at radius 2 is 1.76 bits per heavy atom. The molecule has 2 heterocycles. The van der Waals surface area contributed by atoms with Gasteiger partial charge in [-0.1, -0.05) is 6.07 Å². The van der Waals surface area contributed by atoms with Crippen molar-refractivity contribution in [1.82, 2.24) is 9.88 Å². The second-order valence-corrected chi connectivity index (χ2v) is 5.53. The molecule has 1 aliphatic heterocycles. The Morgan fingerprint density at radius 3 is 2.28 bits per heavy atom. The number of aromatic nitrogens is 1. The van der Waals surface area contributed by atoms with Gasteiger partial charge < -0.3 is 23.8 Å². The minimum absolute atomic E-state index is 0.0547. The van der Waals surface area contributed by atoms with Crippen LogP contribution in [0, 0.1) is 0 Å². The van der Waals surface area contributed by atoms with Gasteiger partial charge in [0.2, 0.25) is 11.6 Å². The zero-order valence-corrected chi connectivity index (χ0v) is 14.4. The van der Waals surface area contributed by atoms with Crippen LogP contribution in [-0.2, 0) is 0 Å². The molecule has 2 aromatic rings. The van der Waals surface area contributed by atoms with E-state index < -0.39 is 0 Å². The van der Waals surface area contributed by atoms with Gasteiger partial charge in [0, 0.05) is 17.8 Å². The van der Waals surface area contributed by atoms with E-state index in [0.717, 1.165) is 0 Å². The fraction of sp³-hybridized carbons (Fsp3) is 0.333. The van der Waals surface area contributed by atoms with Gasteiger partial charge in [0.15, 0.2) is 11.5 Å². The molecule has 0 atom stereocenters. The molecule has 0 radical (unpaired) electrons. The van der Waals surface area contributed by atoms with Gasteiger partial charge in [0.25, 0.3) is 5.91 Å². The number of amides is 1. The minimum atomic E-state index is -0.111. The smallest absolute Gasteiger partial charge is 0.254 e. The number of carbonyl (C=O) groups excluding carboxylic acids is 1. The SMILES string of the molecule is COc1cc(C(=O)N2CC(Oc3ccccn3)C2)cc(OC)c1OC. The molecule has 0 saturated carbocycles. The molecular weight excluding hydrogens is 324 g/mol. The molecule has 0 unspecified atom stereocenters. The Labute approximate surface area is 146 Å². The van der Waals surface area contributed by atoms with E-state index in [-0.39, 0.29) is 12.0 Å². The Kier molecular flexibility index (Phi) is 4.92. The van der Waals surface area contributed by atoms with Crippen LogP contribution >= 0.6 is 0 Å². The van der Waals surface area contributed by atoms with E-state index in [4.69, 9.17) is 18.9 Å². The summed E-state index contributed by atoms with van der Waals surface area (Å²) in [5.41, 5.74) is 0.478. The van der Waals surface area contributed by atoms with Crippen LogP contribution in [0.15, 0.2) is 36.5 Å². The van der Waals surface area contributed by atoms with Gasteiger partial charge in [-0.3, -0.25) is 4.79 Å². The molecule has 0 spiro atoms. The molecule has 1 aromatic heterocycles. The van der Waals surface area contributed by atoms with Crippen molar-refractivity contribution in [2.24, 2.45) is 0 Å². The summed E-state index contributed by atoms with van der Waals surface area (Å²) in [6.45, 7) is 1.01. The highest BCUT2D eigenvalue weighted by atomic mass is 16.5. The molecule has 1 fully saturated rings. The third kappa shape index (κ3) is 3.45. The van der Waals surface area contributed by atoms with Gasteiger partial charge in [-0.05, 0) is 18.2 Å². The highest BCUT2D eigenvalue weighted by molar-refractivity contribution is 5.96. The van der Waals surface area contributed by atoms with Crippen molar-refractivity contribution in [3.05, 3.63) is 42.1 Å². The van der Waals surface area contributed by atoms with E-state index in [1.165, 1.54) is 21.3 Å². The van der Waals surface area contributed by atoms with Crippen LogP contribution in [0.3, 0.4) is 0 Å². The van der Waals surface area contributed by atoms with Crippen molar-refractivity contribution in [1.29, 1.82) is 0 Å². The topological polar surface area (TPSA) is 70.1 Å². The summed E-state index contributed by atoms with van der Waals surface area (Å²) in [5, 5.41) is 0. The zero-order valence-electron chi connectivity index (χ0n) is 14.4. The van der Waals surface area contributed by atoms with E-state index in [9.17, 15) is 4.79 Å². The van der Waals surface area contributed by atoms with Crippen LogP contribution in [0.2, 0.25) is 0 Å². The first kappa shape index (κ1) is 16.9. The lowest BCUT2D eigenvalue weighted by molar-refractivity contribution is 0.0159. The van der Waals surface area contributed by atoms with Gasteiger partial charge in [-0.25, -0.2) is 4.98 Å². The summed E-state index contributed by atoms with van der Waals surface area (Å²) in [6, 6.07) is 8.78. The lowest BCUT2D eigenvalue weighted by atomic mass is 10.1. The molecule has 0 N–H and O–H groups in total. The van der Waals surface area contributed by atoms with E-state index in [2.05, 4.69) is 4.98 Å². The maximum absolute atomic E-state index is 12.7. The lowest BCUT2D eigenvalue weighted by Crippen LogP contribution is -2.56. The molecule has 0 aliphatic carbocycles. The number of rotatable bonds is 6. The van der Waals surface area contributed by atoms with Crippen LogP contribution in [0.25, 0.3) is 0 Å². The number of pyridine rings is 1. The average Bonchev–Trinajstić information content (AvgIpc) is 2.63. The Balaban J connectivity index is 1.68.